The van der Waals surface area contributed by atoms with Gasteiger partial charge in [0.15, 0.2) is 11.6 Å². The van der Waals surface area contributed by atoms with Crippen LogP contribution in [0.25, 0.3) is 0 Å². The Balaban J connectivity index is 1.73. The number of methoxy groups -OCH3 is 1. The monoisotopic (exact) mass is 352 g/mol. The van der Waals surface area contributed by atoms with Crippen LogP contribution >= 0.6 is 0 Å². The number of hydrogen-bond donors (Lipinski definition) is 0. The van der Waals surface area contributed by atoms with Crippen LogP contribution in [0, 0.1) is 5.82 Å². The number of aromatic nitrogens is 1. The fraction of sp³-hybridized carbons (Fsp3) is 0.312. The number of pyridine rings is 1. The van der Waals surface area contributed by atoms with Gasteiger partial charge in [0.2, 0.25) is 10.0 Å². The molecular formula is C16H17FN2O4S. The van der Waals surface area contributed by atoms with E-state index in [0.717, 1.165) is 6.07 Å². The largest absolute Gasteiger partial charge is 0.494 e. The molecule has 0 radical (unpaired) electrons. The summed E-state index contributed by atoms with van der Waals surface area (Å²) in [5.74, 6) is -0.105. The van der Waals surface area contributed by atoms with Crippen molar-refractivity contribution in [1.29, 1.82) is 0 Å². The Morgan fingerprint density at radius 1 is 1.33 bits per heavy atom. The molecule has 1 fully saturated rings. The molecule has 1 aliphatic heterocycles. The highest BCUT2D eigenvalue weighted by Gasteiger charge is 2.34. The van der Waals surface area contributed by atoms with Gasteiger partial charge in [-0.15, -0.1) is 0 Å². The lowest BCUT2D eigenvalue weighted by atomic mass is 10.3. The van der Waals surface area contributed by atoms with E-state index in [1.807, 2.05) is 0 Å². The molecule has 0 bridgehead atoms. The van der Waals surface area contributed by atoms with Gasteiger partial charge in [-0.05, 0) is 36.8 Å². The second-order valence-electron chi connectivity index (χ2n) is 5.38. The summed E-state index contributed by atoms with van der Waals surface area (Å²) in [5.41, 5.74) is 0. The number of hydrogen-bond acceptors (Lipinski definition) is 5. The molecule has 0 aliphatic carbocycles. The molecule has 1 atom stereocenters. The van der Waals surface area contributed by atoms with Crippen molar-refractivity contribution in [2.24, 2.45) is 0 Å². The molecule has 1 aromatic heterocycles. The Morgan fingerprint density at radius 2 is 2.17 bits per heavy atom. The zero-order valence-electron chi connectivity index (χ0n) is 13.1. The number of nitrogens with zero attached hydrogens (tertiary/aromatic N) is 2. The lowest BCUT2D eigenvalue weighted by Crippen LogP contribution is -2.31. The fourth-order valence-electron chi connectivity index (χ4n) is 2.58. The number of rotatable bonds is 5. The molecule has 1 aromatic carbocycles. The third-order valence-corrected chi connectivity index (χ3v) is 5.67. The molecule has 0 N–H and O–H groups in total. The standard InChI is InChI=1S/C16H17FN2O4S/c1-22-16-5-4-14(9-15(16)17)24(20,21)19-8-6-13(11-19)23-12-3-2-7-18-10-12/h2-5,7,9-10,13H,6,8,11H2,1H3/t13-/m0/s1. The summed E-state index contributed by atoms with van der Waals surface area (Å²) in [4.78, 5) is 3.86. The molecule has 0 spiro atoms. The van der Waals surface area contributed by atoms with Crippen LogP contribution in [0.4, 0.5) is 4.39 Å². The molecule has 128 valence electrons. The van der Waals surface area contributed by atoms with Crippen molar-refractivity contribution in [3.05, 3.63) is 48.5 Å². The first-order valence-corrected chi connectivity index (χ1v) is 8.85. The molecule has 0 amide bonds. The van der Waals surface area contributed by atoms with E-state index in [9.17, 15) is 12.8 Å². The van der Waals surface area contributed by atoms with Gasteiger partial charge in [0.25, 0.3) is 0 Å². The number of halogens is 1. The topological polar surface area (TPSA) is 68.7 Å². The third-order valence-electron chi connectivity index (χ3n) is 3.81. The predicted molar refractivity (Wildman–Crippen MR) is 85.0 cm³/mol. The molecule has 3 rings (SSSR count). The zero-order chi connectivity index (χ0) is 17.2. The molecule has 6 nitrogen and oxygen atoms in total. The summed E-state index contributed by atoms with van der Waals surface area (Å²) in [5, 5.41) is 0. The van der Waals surface area contributed by atoms with Crippen molar-refractivity contribution in [2.45, 2.75) is 17.4 Å². The molecule has 2 heterocycles. The van der Waals surface area contributed by atoms with E-state index in [1.165, 1.54) is 23.5 Å². The van der Waals surface area contributed by atoms with Crippen molar-refractivity contribution in [2.75, 3.05) is 20.2 Å². The van der Waals surface area contributed by atoms with Gasteiger partial charge in [0.05, 0.1) is 24.7 Å². The van der Waals surface area contributed by atoms with Gasteiger partial charge in [-0.25, -0.2) is 12.8 Å². The second kappa shape index (κ2) is 6.74. The smallest absolute Gasteiger partial charge is 0.243 e. The molecular weight excluding hydrogens is 335 g/mol. The first-order valence-electron chi connectivity index (χ1n) is 7.41. The predicted octanol–water partition coefficient (Wildman–Crippen LogP) is 2.07. The van der Waals surface area contributed by atoms with Crippen LogP contribution < -0.4 is 9.47 Å². The van der Waals surface area contributed by atoms with Crippen molar-refractivity contribution >= 4 is 10.0 Å². The molecule has 8 heteroatoms. The van der Waals surface area contributed by atoms with Crippen LogP contribution in [0.3, 0.4) is 0 Å². The van der Waals surface area contributed by atoms with E-state index in [-0.39, 0.29) is 23.3 Å². The summed E-state index contributed by atoms with van der Waals surface area (Å²) < 4.78 is 50.9. The Hall–Kier alpha value is -2.19. The Bertz CT molecular complexity index is 814. The molecule has 0 saturated carbocycles. The maximum absolute atomic E-state index is 13.8. The highest BCUT2D eigenvalue weighted by atomic mass is 32.2. The van der Waals surface area contributed by atoms with E-state index < -0.39 is 15.8 Å². The number of ether oxygens (including phenoxy) is 2. The molecule has 1 saturated heterocycles. The van der Waals surface area contributed by atoms with Gasteiger partial charge in [-0.3, -0.25) is 4.98 Å². The van der Waals surface area contributed by atoms with Crippen LogP contribution in [0.5, 0.6) is 11.5 Å². The lowest BCUT2D eigenvalue weighted by molar-refractivity contribution is 0.214. The van der Waals surface area contributed by atoms with Crippen molar-refractivity contribution in [3.63, 3.8) is 0 Å². The normalized spacial score (nSPS) is 18.5. The van der Waals surface area contributed by atoms with Crippen molar-refractivity contribution in [3.8, 4) is 11.5 Å². The summed E-state index contributed by atoms with van der Waals surface area (Å²) in [6, 6.07) is 7.14. The van der Waals surface area contributed by atoms with Gasteiger partial charge in [0.1, 0.15) is 11.9 Å². The molecule has 24 heavy (non-hydrogen) atoms. The van der Waals surface area contributed by atoms with E-state index in [2.05, 4.69) is 4.98 Å². The van der Waals surface area contributed by atoms with Crippen LogP contribution in [-0.4, -0.2) is 44.0 Å². The minimum atomic E-state index is -3.77. The van der Waals surface area contributed by atoms with Crippen molar-refractivity contribution in [1.82, 2.24) is 9.29 Å². The minimum absolute atomic E-state index is 0.00756. The SMILES string of the molecule is COc1ccc(S(=O)(=O)N2CC[C@H](Oc3cccnc3)C2)cc1F. The summed E-state index contributed by atoms with van der Waals surface area (Å²) in [6.07, 6.45) is 3.52. The van der Waals surface area contributed by atoms with Gasteiger partial charge in [0, 0.05) is 12.7 Å². The first kappa shape index (κ1) is 16.7. The maximum atomic E-state index is 13.8. The highest BCUT2D eigenvalue weighted by molar-refractivity contribution is 7.89. The summed E-state index contributed by atoms with van der Waals surface area (Å²) in [6.45, 7) is 0.534. The quantitative estimate of drug-likeness (QED) is 0.824. The van der Waals surface area contributed by atoms with Gasteiger partial charge < -0.3 is 9.47 Å². The van der Waals surface area contributed by atoms with E-state index >= 15 is 0 Å². The zero-order valence-corrected chi connectivity index (χ0v) is 13.9. The van der Waals surface area contributed by atoms with Crippen LogP contribution in [0.1, 0.15) is 6.42 Å². The van der Waals surface area contributed by atoms with Crippen LogP contribution in [-0.2, 0) is 10.0 Å². The second-order valence-corrected chi connectivity index (χ2v) is 7.31. The van der Waals surface area contributed by atoms with Gasteiger partial charge >= 0.3 is 0 Å². The average Bonchev–Trinajstić information content (AvgIpc) is 3.05. The lowest BCUT2D eigenvalue weighted by Gasteiger charge is -2.17. The van der Waals surface area contributed by atoms with Crippen molar-refractivity contribution < 1.29 is 22.3 Å². The van der Waals surface area contributed by atoms with Crippen LogP contribution in [0.2, 0.25) is 0 Å². The van der Waals surface area contributed by atoms with E-state index in [0.29, 0.717) is 18.7 Å². The first-order chi connectivity index (χ1) is 11.5. The molecule has 0 unspecified atom stereocenters. The Labute approximate surface area is 139 Å². The van der Waals surface area contributed by atoms with Gasteiger partial charge in [-0.2, -0.15) is 4.31 Å². The minimum Gasteiger partial charge on any atom is -0.494 e. The molecule has 1 aliphatic rings. The number of benzene rings is 1. The fourth-order valence-corrected chi connectivity index (χ4v) is 4.08. The highest BCUT2D eigenvalue weighted by Crippen LogP contribution is 2.26. The molecule has 2 aromatic rings. The Morgan fingerprint density at radius 3 is 2.83 bits per heavy atom. The van der Waals surface area contributed by atoms with E-state index in [4.69, 9.17) is 9.47 Å². The maximum Gasteiger partial charge on any atom is 0.243 e. The average molecular weight is 352 g/mol. The summed E-state index contributed by atoms with van der Waals surface area (Å²) in [7, 11) is -2.44. The van der Waals surface area contributed by atoms with E-state index in [1.54, 1.807) is 24.5 Å². The van der Waals surface area contributed by atoms with Crippen LogP contribution in [0.15, 0.2) is 47.6 Å². The summed E-state index contributed by atoms with van der Waals surface area (Å²) >= 11 is 0. The van der Waals surface area contributed by atoms with Gasteiger partial charge in [-0.1, -0.05) is 0 Å². The third kappa shape index (κ3) is 3.34. The Kier molecular flexibility index (Phi) is 4.68. The number of sulfonamides is 1.